The Bertz CT molecular complexity index is 601. The quantitative estimate of drug-likeness (QED) is 0.365. The van der Waals surface area contributed by atoms with Crippen molar-refractivity contribution < 1.29 is 4.74 Å². The van der Waals surface area contributed by atoms with Crippen molar-refractivity contribution in [3.8, 4) is 0 Å². The van der Waals surface area contributed by atoms with Gasteiger partial charge in [0.2, 0.25) is 0 Å². The number of nitrogens with one attached hydrogen (secondary N) is 1. The maximum atomic E-state index is 5.48. The minimum Gasteiger partial charge on any atom is -0.379 e. The van der Waals surface area contributed by atoms with E-state index in [-0.39, 0.29) is 24.0 Å². The fourth-order valence-corrected chi connectivity index (χ4v) is 3.94. The van der Waals surface area contributed by atoms with Crippen molar-refractivity contribution in [3.05, 3.63) is 23.9 Å². The number of hydrogen-bond acceptors (Lipinski definition) is 5. The molecule has 0 amide bonds. The van der Waals surface area contributed by atoms with E-state index in [0.29, 0.717) is 6.04 Å². The molecular formula is C20H35IN6O. The lowest BCUT2D eigenvalue weighted by molar-refractivity contribution is 0.0195. The molecule has 1 atom stereocenters. The molecule has 3 heterocycles. The summed E-state index contributed by atoms with van der Waals surface area (Å²) in [6.45, 7) is 12.9. The molecule has 8 heteroatoms. The molecule has 0 saturated carbocycles. The number of nitrogens with zero attached hydrogens (tertiary/aromatic N) is 5. The fourth-order valence-electron chi connectivity index (χ4n) is 3.94. The Kier molecular flexibility index (Phi) is 9.73. The van der Waals surface area contributed by atoms with Crippen molar-refractivity contribution in [3.63, 3.8) is 0 Å². The first-order valence-corrected chi connectivity index (χ1v) is 10.2. The van der Waals surface area contributed by atoms with Crippen molar-refractivity contribution in [2.24, 2.45) is 4.99 Å². The highest BCUT2D eigenvalue weighted by Gasteiger charge is 2.30. The lowest BCUT2D eigenvalue weighted by atomic mass is 10.2. The Morgan fingerprint density at radius 2 is 2.00 bits per heavy atom. The van der Waals surface area contributed by atoms with Crippen LogP contribution in [0.1, 0.15) is 25.8 Å². The highest BCUT2D eigenvalue weighted by molar-refractivity contribution is 14.0. The Balaban J connectivity index is 0.00000280. The zero-order valence-corrected chi connectivity index (χ0v) is 19.8. The van der Waals surface area contributed by atoms with Crippen LogP contribution in [0.2, 0.25) is 0 Å². The smallest absolute Gasteiger partial charge is 0.193 e. The van der Waals surface area contributed by atoms with E-state index in [2.05, 4.69) is 56.0 Å². The van der Waals surface area contributed by atoms with Crippen LogP contribution < -0.4 is 10.2 Å². The van der Waals surface area contributed by atoms with Gasteiger partial charge in [0, 0.05) is 65.1 Å². The van der Waals surface area contributed by atoms with Gasteiger partial charge in [-0.25, -0.2) is 4.98 Å². The van der Waals surface area contributed by atoms with Gasteiger partial charge in [-0.15, -0.1) is 24.0 Å². The molecule has 28 heavy (non-hydrogen) atoms. The van der Waals surface area contributed by atoms with Crippen molar-refractivity contribution in [2.45, 2.75) is 32.9 Å². The maximum Gasteiger partial charge on any atom is 0.193 e. The van der Waals surface area contributed by atoms with E-state index in [4.69, 9.17) is 4.74 Å². The van der Waals surface area contributed by atoms with Crippen LogP contribution in [0.4, 0.5) is 5.82 Å². The van der Waals surface area contributed by atoms with E-state index in [1.54, 1.807) is 0 Å². The summed E-state index contributed by atoms with van der Waals surface area (Å²) in [7, 11) is 1.87. The predicted octanol–water partition coefficient (Wildman–Crippen LogP) is 2.03. The summed E-state index contributed by atoms with van der Waals surface area (Å²) in [6.07, 6.45) is 3.16. The monoisotopic (exact) mass is 502 g/mol. The Labute approximate surface area is 186 Å². The van der Waals surface area contributed by atoms with Gasteiger partial charge in [0.05, 0.1) is 13.2 Å². The molecule has 1 aromatic heterocycles. The zero-order chi connectivity index (χ0) is 19.1. The number of anilines is 1. The van der Waals surface area contributed by atoms with Crippen LogP contribution in [0.15, 0.2) is 23.3 Å². The van der Waals surface area contributed by atoms with Gasteiger partial charge in [0.25, 0.3) is 0 Å². The van der Waals surface area contributed by atoms with Crippen LogP contribution >= 0.6 is 24.0 Å². The van der Waals surface area contributed by atoms with Crippen molar-refractivity contribution >= 4 is 35.8 Å². The molecule has 0 bridgehead atoms. The molecule has 1 aromatic rings. The number of hydrogen-bond donors (Lipinski definition) is 1. The van der Waals surface area contributed by atoms with Gasteiger partial charge in [-0.1, -0.05) is 6.07 Å². The van der Waals surface area contributed by atoms with Crippen LogP contribution in [-0.2, 0) is 11.3 Å². The average Bonchev–Trinajstić information content (AvgIpc) is 3.21. The number of guanidine groups is 1. The van der Waals surface area contributed by atoms with E-state index >= 15 is 0 Å². The van der Waals surface area contributed by atoms with Crippen LogP contribution in [0.5, 0.6) is 0 Å². The molecule has 3 rings (SSSR count). The molecule has 0 radical (unpaired) electrons. The van der Waals surface area contributed by atoms with Crippen LogP contribution in [0.3, 0.4) is 0 Å². The molecule has 158 valence electrons. The molecule has 0 aromatic carbocycles. The maximum absolute atomic E-state index is 5.48. The number of likely N-dealkylation sites (tertiary alicyclic amines) is 1. The fraction of sp³-hybridized carbons (Fsp3) is 0.700. The molecule has 1 unspecified atom stereocenters. The highest BCUT2D eigenvalue weighted by Crippen LogP contribution is 2.17. The van der Waals surface area contributed by atoms with Gasteiger partial charge < -0.3 is 19.9 Å². The number of ether oxygens (including phenoxy) is 1. The summed E-state index contributed by atoms with van der Waals surface area (Å²) >= 11 is 0. The zero-order valence-electron chi connectivity index (χ0n) is 17.4. The number of pyridine rings is 1. The SMILES string of the molecule is CCN(CC)c1ccc(CNC(=NC)N2CCC(N3CCOCC3)C2)cn1.I. The Hall–Kier alpha value is -1.13. The summed E-state index contributed by atoms with van der Waals surface area (Å²) in [5.41, 5.74) is 1.18. The van der Waals surface area contributed by atoms with E-state index in [9.17, 15) is 0 Å². The van der Waals surface area contributed by atoms with Crippen molar-refractivity contribution in [1.82, 2.24) is 20.1 Å². The molecule has 2 saturated heterocycles. The van der Waals surface area contributed by atoms with E-state index in [0.717, 1.165) is 70.8 Å². The first-order chi connectivity index (χ1) is 13.2. The molecule has 7 nitrogen and oxygen atoms in total. The average molecular weight is 502 g/mol. The van der Waals surface area contributed by atoms with E-state index in [1.807, 2.05) is 13.2 Å². The number of aromatic nitrogens is 1. The second kappa shape index (κ2) is 11.8. The Morgan fingerprint density at radius 1 is 1.25 bits per heavy atom. The number of morpholine rings is 1. The number of rotatable bonds is 6. The third-order valence-electron chi connectivity index (χ3n) is 5.58. The predicted molar refractivity (Wildman–Crippen MR) is 126 cm³/mol. The van der Waals surface area contributed by atoms with Crippen LogP contribution in [-0.4, -0.2) is 86.3 Å². The molecule has 1 N–H and O–H groups in total. The van der Waals surface area contributed by atoms with E-state index in [1.165, 1.54) is 12.0 Å². The largest absolute Gasteiger partial charge is 0.379 e. The van der Waals surface area contributed by atoms with Crippen molar-refractivity contribution in [1.29, 1.82) is 0 Å². The van der Waals surface area contributed by atoms with Crippen LogP contribution in [0.25, 0.3) is 0 Å². The second-order valence-corrected chi connectivity index (χ2v) is 7.13. The third kappa shape index (κ3) is 5.93. The van der Waals surface area contributed by atoms with Gasteiger partial charge in [-0.3, -0.25) is 9.89 Å². The normalized spacial score (nSPS) is 20.8. The molecule has 2 fully saturated rings. The third-order valence-corrected chi connectivity index (χ3v) is 5.58. The van der Waals surface area contributed by atoms with Gasteiger partial charge in [-0.05, 0) is 31.9 Å². The molecule has 0 spiro atoms. The summed E-state index contributed by atoms with van der Waals surface area (Å²) in [6, 6.07) is 4.88. The molecular weight excluding hydrogens is 467 g/mol. The van der Waals surface area contributed by atoms with Gasteiger partial charge in [0.15, 0.2) is 5.96 Å². The second-order valence-electron chi connectivity index (χ2n) is 7.13. The molecule has 2 aliphatic rings. The first-order valence-electron chi connectivity index (χ1n) is 10.2. The summed E-state index contributed by atoms with van der Waals surface area (Å²) in [5, 5.41) is 3.51. The standard InChI is InChI=1S/C20H34N6O.HI/c1-4-24(5-2)19-7-6-17(14-22-19)15-23-20(21-3)26-9-8-18(16-26)25-10-12-27-13-11-25;/h6-7,14,18H,4-5,8-13,15-16H2,1-3H3,(H,21,23);1H. The molecule has 2 aliphatic heterocycles. The van der Waals surface area contributed by atoms with Crippen molar-refractivity contribution in [2.75, 3.05) is 64.4 Å². The van der Waals surface area contributed by atoms with Gasteiger partial charge in [-0.2, -0.15) is 0 Å². The highest BCUT2D eigenvalue weighted by atomic mass is 127. The number of aliphatic imine (C=N–C) groups is 1. The lowest BCUT2D eigenvalue weighted by Gasteiger charge is -2.32. The first kappa shape index (κ1) is 23.2. The molecule has 0 aliphatic carbocycles. The van der Waals surface area contributed by atoms with Gasteiger partial charge >= 0.3 is 0 Å². The summed E-state index contributed by atoms with van der Waals surface area (Å²) in [5.74, 6) is 2.03. The number of halogens is 1. The lowest BCUT2D eigenvalue weighted by Crippen LogP contribution is -2.46. The van der Waals surface area contributed by atoms with Crippen LogP contribution in [0, 0.1) is 0 Å². The topological polar surface area (TPSA) is 56.2 Å². The summed E-state index contributed by atoms with van der Waals surface area (Å²) in [4.78, 5) is 16.3. The minimum atomic E-state index is 0. The minimum absolute atomic E-state index is 0. The van der Waals surface area contributed by atoms with E-state index < -0.39 is 0 Å². The van der Waals surface area contributed by atoms with Gasteiger partial charge in [0.1, 0.15) is 5.82 Å². The Morgan fingerprint density at radius 3 is 2.61 bits per heavy atom. The summed E-state index contributed by atoms with van der Waals surface area (Å²) < 4.78 is 5.48.